The normalized spacial score (nSPS) is 34.6. The van der Waals surface area contributed by atoms with Crippen molar-refractivity contribution in [2.24, 2.45) is 17.8 Å². The summed E-state index contributed by atoms with van der Waals surface area (Å²) < 4.78 is 0. The highest BCUT2D eigenvalue weighted by Gasteiger charge is 2.54. The Morgan fingerprint density at radius 3 is 2.55 bits per heavy atom. The fraction of sp³-hybridized carbons (Fsp3) is 0.611. The maximum atomic E-state index is 12.9. The third kappa shape index (κ3) is 2.17. The largest absolute Gasteiger partial charge is 0.396 e. The Morgan fingerprint density at radius 1 is 1.23 bits per heavy atom. The zero-order valence-corrected chi connectivity index (χ0v) is 13.4. The first-order valence-electron chi connectivity index (χ1n) is 8.32. The second-order valence-electron chi connectivity index (χ2n) is 7.27. The average Bonchev–Trinajstić information content (AvgIpc) is 3.10. The van der Waals surface area contributed by atoms with Crippen LogP contribution in [-0.2, 0) is 10.2 Å². The van der Waals surface area contributed by atoms with Crippen LogP contribution in [-0.4, -0.2) is 23.7 Å². The van der Waals surface area contributed by atoms with Gasteiger partial charge in [0.15, 0.2) is 0 Å². The molecule has 4 atom stereocenters. The lowest BCUT2D eigenvalue weighted by atomic mass is 9.84. The number of benzene rings is 1. The van der Waals surface area contributed by atoms with E-state index in [1.165, 1.54) is 19.3 Å². The Labute approximate surface area is 136 Å². The predicted octanol–water partition coefficient (Wildman–Crippen LogP) is 2.89. The molecule has 1 aromatic carbocycles. The van der Waals surface area contributed by atoms with Crippen LogP contribution in [0.2, 0.25) is 5.02 Å². The zero-order chi connectivity index (χ0) is 15.3. The Morgan fingerprint density at radius 2 is 1.91 bits per heavy atom. The first kappa shape index (κ1) is 14.5. The molecule has 0 radical (unpaired) electrons. The first-order chi connectivity index (χ1) is 10.6. The van der Waals surface area contributed by atoms with Gasteiger partial charge in [-0.15, -0.1) is 0 Å². The molecular weight excluding hydrogens is 298 g/mol. The SMILES string of the molecule is O=C(NC1C2CCC(C2)C1CO)C1(c2ccc(Cl)cc2)CC1. The van der Waals surface area contributed by atoms with Gasteiger partial charge in [0.1, 0.15) is 0 Å². The lowest BCUT2D eigenvalue weighted by Crippen LogP contribution is -2.48. The summed E-state index contributed by atoms with van der Waals surface area (Å²) in [4.78, 5) is 12.9. The number of aliphatic hydroxyl groups excluding tert-OH is 1. The monoisotopic (exact) mass is 319 g/mol. The third-order valence-electron chi connectivity index (χ3n) is 6.18. The van der Waals surface area contributed by atoms with Gasteiger partial charge in [-0.2, -0.15) is 0 Å². The van der Waals surface area contributed by atoms with E-state index >= 15 is 0 Å². The van der Waals surface area contributed by atoms with E-state index in [9.17, 15) is 9.90 Å². The first-order valence-corrected chi connectivity index (χ1v) is 8.70. The molecule has 3 saturated carbocycles. The molecule has 2 N–H and O–H groups in total. The second-order valence-corrected chi connectivity index (χ2v) is 7.70. The maximum absolute atomic E-state index is 12.9. The molecule has 3 fully saturated rings. The van der Waals surface area contributed by atoms with E-state index in [4.69, 9.17) is 11.6 Å². The number of fused-ring (bicyclic) bond motifs is 2. The van der Waals surface area contributed by atoms with E-state index in [0.29, 0.717) is 16.9 Å². The summed E-state index contributed by atoms with van der Waals surface area (Å²) in [6.45, 7) is 0.195. The van der Waals surface area contributed by atoms with E-state index in [1.807, 2.05) is 24.3 Å². The summed E-state index contributed by atoms with van der Waals surface area (Å²) in [6, 6.07) is 7.83. The van der Waals surface area contributed by atoms with Gasteiger partial charge in [0, 0.05) is 23.6 Å². The van der Waals surface area contributed by atoms with E-state index in [-0.39, 0.29) is 29.9 Å². The molecule has 4 heteroatoms. The summed E-state index contributed by atoms with van der Waals surface area (Å²) in [7, 11) is 0. The Balaban J connectivity index is 1.51. The molecule has 118 valence electrons. The lowest BCUT2D eigenvalue weighted by molar-refractivity contribution is -0.125. The number of carbonyl (C=O) groups is 1. The molecule has 3 aliphatic rings. The van der Waals surface area contributed by atoms with Gasteiger partial charge in [-0.3, -0.25) is 4.79 Å². The standard InChI is InChI=1S/C18H22ClNO2/c19-14-5-3-13(4-6-14)18(7-8-18)17(22)20-16-12-2-1-11(9-12)15(16)10-21/h3-6,11-12,15-16,21H,1-2,7-10H2,(H,20,22). The molecule has 1 amide bonds. The van der Waals surface area contributed by atoms with Crippen molar-refractivity contribution in [1.29, 1.82) is 0 Å². The van der Waals surface area contributed by atoms with E-state index in [1.54, 1.807) is 0 Å². The van der Waals surface area contributed by atoms with Crippen molar-refractivity contribution < 1.29 is 9.90 Å². The quantitative estimate of drug-likeness (QED) is 0.896. The maximum Gasteiger partial charge on any atom is 0.230 e. The van der Waals surface area contributed by atoms with Crippen molar-refractivity contribution in [3.8, 4) is 0 Å². The Hall–Kier alpha value is -1.06. The van der Waals surface area contributed by atoms with Crippen LogP contribution in [0.25, 0.3) is 0 Å². The van der Waals surface area contributed by atoms with Gasteiger partial charge in [0.25, 0.3) is 0 Å². The van der Waals surface area contributed by atoms with E-state index in [0.717, 1.165) is 18.4 Å². The number of nitrogens with one attached hydrogen (secondary N) is 1. The molecule has 4 rings (SSSR count). The van der Waals surface area contributed by atoms with Crippen molar-refractivity contribution in [1.82, 2.24) is 5.32 Å². The molecule has 1 aromatic rings. The number of hydrogen-bond acceptors (Lipinski definition) is 2. The molecular formula is C18H22ClNO2. The van der Waals surface area contributed by atoms with Crippen LogP contribution in [0.15, 0.2) is 24.3 Å². The minimum Gasteiger partial charge on any atom is -0.396 e. The highest BCUT2D eigenvalue weighted by Crippen LogP contribution is 2.51. The molecule has 0 saturated heterocycles. The molecule has 0 aliphatic heterocycles. The van der Waals surface area contributed by atoms with Crippen molar-refractivity contribution >= 4 is 17.5 Å². The second kappa shape index (κ2) is 5.24. The van der Waals surface area contributed by atoms with Gasteiger partial charge in [0.2, 0.25) is 5.91 Å². The molecule has 3 nitrogen and oxygen atoms in total. The average molecular weight is 320 g/mol. The highest BCUT2D eigenvalue weighted by atomic mass is 35.5. The van der Waals surface area contributed by atoms with Crippen LogP contribution in [0.4, 0.5) is 0 Å². The van der Waals surface area contributed by atoms with Gasteiger partial charge < -0.3 is 10.4 Å². The Kier molecular flexibility index (Phi) is 3.46. The van der Waals surface area contributed by atoms with Crippen molar-refractivity contribution in [2.45, 2.75) is 43.6 Å². The number of carbonyl (C=O) groups excluding carboxylic acids is 1. The highest BCUT2D eigenvalue weighted by molar-refractivity contribution is 6.30. The van der Waals surface area contributed by atoms with Crippen LogP contribution in [0.1, 0.15) is 37.7 Å². The summed E-state index contributed by atoms with van der Waals surface area (Å²) >= 11 is 5.95. The summed E-state index contributed by atoms with van der Waals surface area (Å²) in [5, 5.41) is 13.7. The molecule has 4 unspecified atom stereocenters. The molecule has 22 heavy (non-hydrogen) atoms. The van der Waals surface area contributed by atoms with Crippen molar-refractivity contribution in [3.05, 3.63) is 34.9 Å². The summed E-state index contributed by atoms with van der Waals surface area (Å²) in [5.74, 6) is 1.56. The molecule has 0 aromatic heterocycles. The predicted molar refractivity (Wildman–Crippen MR) is 85.7 cm³/mol. The fourth-order valence-electron chi connectivity index (χ4n) is 4.73. The summed E-state index contributed by atoms with van der Waals surface area (Å²) in [6.07, 6.45) is 5.39. The number of hydrogen-bond donors (Lipinski definition) is 2. The van der Waals surface area contributed by atoms with E-state index < -0.39 is 0 Å². The number of aliphatic hydroxyl groups is 1. The topological polar surface area (TPSA) is 49.3 Å². The fourth-order valence-corrected chi connectivity index (χ4v) is 4.85. The van der Waals surface area contributed by atoms with Gasteiger partial charge in [0.05, 0.1) is 5.41 Å². The van der Waals surface area contributed by atoms with Crippen LogP contribution in [0.3, 0.4) is 0 Å². The minimum atomic E-state index is -0.355. The van der Waals surface area contributed by atoms with Crippen LogP contribution in [0, 0.1) is 17.8 Å². The van der Waals surface area contributed by atoms with Crippen LogP contribution < -0.4 is 5.32 Å². The number of halogens is 1. The number of amides is 1. The molecule has 0 spiro atoms. The smallest absolute Gasteiger partial charge is 0.230 e. The van der Waals surface area contributed by atoms with Crippen molar-refractivity contribution in [2.75, 3.05) is 6.61 Å². The number of rotatable bonds is 4. The molecule has 0 heterocycles. The van der Waals surface area contributed by atoms with Crippen LogP contribution in [0.5, 0.6) is 0 Å². The van der Waals surface area contributed by atoms with Crippen molar-refractivity contribution in [3.63, 3.8) is 0 Å². The minimum absolute atomic E-state index is 0.144. The Bertz CT molecular complexity index is 581. The van der Waals surface area contributed by atoms with Gasteiger partial charge >= 0.3 is 0 Å². The van der Waals surface area contributed by atoms with E-state index in [2.05, 4.69) is 5.32 Å². The summed E-state index contributed by atoms with van der Waals surface area (Å²) in [5.41, 5.74) is 0.713. The molecule has 3 aliphatic carbocycles. The lowest BCUT2D eigenvalue weighted by Gasteiger charge is -2.32. The van der Waals surface area contributed by atoms with Crippen LogP contribution >= 0.6 is 11.6 Å². The van der Waals surface area contributed by atoms with Gasteiger partial charge in [-0.25, -0.2) is 0 Å². The zero-order valence-electron chi connectivity index (χ0n) is 12.6. The van der Waals surface area contributed by atoms with Gasteiger partial charge in [-0.1, -0.05) is 23.7 Å². The van der Waals surface area contributed by atoms with Gasteiger partial charge in [-0.05, 0) is 61.6 Å². The third-order valence-corrected chi connectivity index (χ3v) is 6.43. The molecule has 2 bridgehead atoms.